The Labute approximate surface area is 110 Å². The van der Waals surface area contributed by atoms with Crippen LogP contribution in [0.25, 0.3) is 0 Å². The lowest BCUT2D eigenvalue weighted by Crippen LogP contribution is -2.44. The number of ether oxygens (including phenoxy) is 1. The second-order valence-electron chi connectivity index (χ2n) is 4.09. The Morgan fingerprint density at radius 3 is 3.00 bits per heavy atom. The van der Waals surface area contributed by atoms with Gasteiger partial charge in [-0.05, 0) is 18.2 Å². The molecule has 0 bridgehead atoms. The van der Waals surface area contributed by atoms with Crippen LogP contribution in [0.3, 0.4) is 0 Å². The summed E-state index contributed by atoms with van der Waals surface area (Å²) in [6.07, 6.45) is -0.281. The van der Waals surface area contributed by atoms with Gasteiger partial charge in [-0.2, -0.15) is 0 Å². The van der Waals surface area contributed by atoms with Crippen LogP contribution in [0.4, 0.5) is 5.69 Å². The van der Waals surface area contributed by atoms with Crippen molar-refractivity contribution < 1.29 is 19.7 Å². The van der Waals surface area contributed by atoms with Crippen molar-refractivity contribution in [3.8, 4) is 0 Å². The Morgan fingerprint density at radius 2 is 2.33 bits per heavy atom. The Kier molecular flexibility index (Phi) is 4.06. The molecule has 1 aliphatic heterocycles. The molecule has 1 unspecified atom stereocenters. The first kappa shape index (κ1) is 13.1. The van der Waals surface area contributed by atoms with E-state index >= 15 is 0 Å². The second kappa shape index (κ2) is 5.56. The smallest absolute Gasteiger partial charge is 0.337 e. The number of aromatic carboxylic acids is 1. The number of rotatable bonds is 3. The molecule has 18 heavy (non-hydrogen) atoms. The first-order chi connectivity index (χ1) is 8.61. The van der Waals surface area contributed by atoms with Crippen LogP contribution in [0.1, 0.15) is 10.4 Å². The number of carboxylic acids is 1. The van der Waals surface area contributed by atoms with Gasteiger partial charge in [0.15, 0.2) is 0 Å². The van der Waals surface area contributed by atoms with Crippen LogP contribution in [0.2, 0.25) is 5.02 Å². The van der Waals surface area contributed by atoms with Gasteiger partial charge < -0.3 is 19.8 Å². The number of carbonyl (C=O) groups is 1. The highest BCUT2D eigenvalue weighted by Crippen LogP contribution is 2.26. The molecule has 1 aromatic rings. The van der Waals surface area contributed by atoms with Crippen molar-refractivity contribution in [2.24, 2.45) is 0 Å². The first-order valence-corrected chi connectivity index (χ1v) is 6.00. The maximum atomic E-state index is 11.2. The van der Waals surface area contributed by atoms with Crippen molar-refractivity contribution in [1.82, 2.24) is 0 Å². The van der Waals surface area contributed by atoms with E-state index in [0.717, 1.165) is 0 Å². The van der Waals surface area contributed by atoms with Gasteiger partial charge in [-0.3, -0.25) is 0 Å². The number of aliphatic hydroxyl groups is 1. The van der Waals surface area contributed by atoms with E-state index in [-0.39, 0.29) is 18.3 Å². The third-order valence-corrected chi connectivity index (χ3v) is 3.11. The summed E-state index contributed by atoms with van der Waals surface area (Å²) in [5, 5.41) is 18.7. The van der Waals surface area contributed by atoms with E-state index < -0.39 is 5.97 Å². The molecule has 1 atom stereocenters. The maximum Gasteiger partial charge on any atom is 0.337 e. The number of nitrogens with zero attached hydrogens (tertiary/aromatic N) is 1. The molecule has 2 N–H and O–H groups in total. The topological polar surface area (TPSA) is 70.0 Å². The van der Waals surface area contributed by atoms with Gasteiger partial charge in [-0.15, -0.1) is 0 Å². The molecule has 0 radical (unpaired) electrons. The predicted molar refractivity (Wildman–Crippen MR) is 67.5 cm³/mol. The van der Waals surface area contributed by atoms with Crippen molar-refractivity contribution in [2.75, 3.05) is 31.2 Å². The lowest BCUT2D eigenvalue weighted by Gasteiger charge is -2.34. The van der Waals surface area contributed by atoms with Crippen LogP contribution < -0.4 is 4.90 Å². The van der Waals surface area contributed by atoms with Crippen LogP contribution in [0.15, 0.2) is 18.2 Å². The fourth-order valence-electron chi connectivity index (χ4n) is 2.00. The monoisotopic (exact) mass is 271 g/mol. The van der Waals surface area contributed by atoms with Gasteiger partial charge in [-0.25, -0.2) is 4.79 Å². The summed E-state index contributed by atoms with van der Waals surface area (Å²) in [4.78, 5) is 13.1. The van der Waals surface area contributed by atoms with E-state index in [2.05, 4.69) is 0 Å². The number of halogens is 1. The molecular weight excluding hydrogens is 258 g/mol. The van der Waals surface area contributed by atoms with Crippen molar-refractivity contribution in [2.45, 2.75) is 6.10 Å². The highest BCUT2D eigenvalue weighted by Gasteiger charge is 2.23. The molecule has 1 aliphatic rings. The van der Waals surface area contributed by atoms with Crippen LogP contribution in [-0.4, -0.2) is 48.6 Å². The zero-order chi connectivity index (χ0) is 13.1. The van der Waals surface area contributed by atoms with Gasteiger partial charge in [0.1, 0.15) is 0 Å². The fourth-order valence-corrected chi connectivity index (χ4v) is 2.18. The average molecular weight is 272 g/mol. The van der Waals surface area contributed by atoms with E-state index in [1.807, 2.05) is 4.90 Å². The average Bonchev–Trinajstić information content (AvgIpc) is 2.38. The molecule has 5 nitrogen and oxygen atoms in total. The molecular formula is C12H14ClNO4. The number of benzene rings is 1. The maximum absolute atomic E-state index is 11.2. The molecule has 1 aromatic carbocycles. The van der Waals surface area contributed by atoms with E-state index in [1.165, 1.54) is 6.07 Å². The van der Waals surface area contributed by atoms with Crippen molar-refractivity contribution in [3.63, 3.8) is 0 Å². The molecule has 6 heteroatoms. The number of hydrogen-bond donors (Lipinski definition) is 2. The quantitative estimate of drug-likeness (QED) is 0.865. The van der Waals surface area contributed by atoms with Crippen molar-refractivity contribution >= 4 is 23.3 Å². The van der Waals surface area contributed by atoms with Crippen molar-refractivity contribution in [3.05, 3.63) is 28.8 Å². The lowest BCUT2D eigenvalue weighted by atomic mass is 10.1. The molecule has 0 aliphatic carbocycles. The van der Waals surface area contributed by atoms with Gasteiger partial charge in [0, 0.05) is 18.1 Å². The largest absolute Gasteiger partial charge is 0.478 e. The third kappa shape index (κ3) is 2.75. The minimum absolute atomic E-state index is 0.0769. The van der Waals surface area contributed by atoms with Crippen LogP contribution in [0, 0.1) is 0 Å². The van der Waals surface area contributed by atoms with E-state index in [4.69, 9.17) is 21.4 Å². The SMILES string of the molecule is O=C(O)c1cc(Cl)ccc1N1CCOC(CO)C1. The van der Waals surface area contributed by atoms with Gasteiger partial charge >= 0.3 is 5.97 Å². The fraction of sp³-hybridized carbons (Fsp3) is 0.417. The van der Waals surface area contributed by atoms with Crippen LogP contribution in [0.5, 0.6) is 0 Å². The predicted octanol–water partition coefficient (Wildman–Crippen LogP) is 1.24. The molecule has 98 valence electrons. The third-order valence-electron chi connectivity index (χ3n) is 2.87. The lowest BCUT2D eigenvalue weighted by molar-refractivity contribution is 0.00349. The van der Waals surface area contributed by atoms with E-state index in [9.17, 15) is 9.90 Å². The Balaban J connectivity index is 2.29. The van der Waals surface area contributed by atoms with Gasteiger partial charge in [0.2, 0.25) is 0 Å². The standard InChI is InChI=1S/C12H14ClNO4/c13-8-1-2-11(10(5-8)12(16)17)14-3-4-18-9(6-14)7-15/h1-2,5,9,15H,3-4,6-7H2,(H,16,17). The van der Waals surface area contributed by atoms with Gasteiger partial charge in [0.25, 0.3) is 0 Å². The number of anilines is 1. The summed E-state index contributed by atoms with van der Waals surface area (Å²) in [6.45, 7) is 1.45. The normalized spacial score (nSPS) is 19.9. The number of hydrogen-bond acceptors (Lipinski definition) is 4. The summed E-state index contributed by atoms with van der Waals surface area (Å²) in [5.41, 5.74) is 0.773. The zero-order valence-electron chi connectivity index (χ0n) is 9.67. The van der Waals surface area contributed by atoms with Gasteiger partial charge in [-0.1, -0.05) is 11.6 Å². The molecule has 1 saturated heterocycles. The Bertz CT molecular complexity index is 452. The number of carboxylic acid groups (broad SMARTS) is 1. The molecule has 0 spiro atoms. The Morgan fingerprint density at radius 1 is 1.56 bits per heavy atom. The molecule has 1 heterocycles. The van der Waals surface area contributed by atoms with Crippen molar-refractivity contribution in [1.29, 1.82) is 0 Å². The summed E-state index contributed by atoms with van der Waals surface area (Å²) >= 11 is 5.81. The molecule has 1 fully saturated rings. The minimum Gasteiger partial charge on any atom is -0.478 e. The molecule has 0 saturated carbocycles. The van der Waals surface area contributed by atoms with Gasteiger partial charge in [0.05, 0.1) is 30.6 Å². The molecule has 0 amide bonds. The first-order valence-electron chi connectivity index (χ1n) is 5.62. The van der Waals surface area contributed by atoms with Crippen LogP contribution in [-0.2, 0) is 4.74 Å². The number of morpholine rings is 1. The number of aliphatic hydroxyl groups excluding tert-OH is 1. The zero-order valence-corrected chi connectivity index (χ0v) is 10.4. The summed E-state index contributed by atoms with van der Waals surface area (Å²) in [5.74, 6) is -1.01. The highest BCUT2D eigenvalue weighted by molar-refractivity contribution is 6.31. The summed E-state index contributed by atoms with van der Waals surface area (Å²) in [6, 6.07) is 4.78. The second-order valence-corrected chi connectivity index (χ2v) is 4.52. The van der Waals surface area contributed by atoms with Crippen LogP contribution >= 0.6 is 11.6 Å². The molecule has 2 rings (SSSR count). The van der Waals surface area contributed by atoms with E-state index in [0.29, 0.717) is 30.4 Å². The molecule has 0 aromatic heterocycles. The minimum atomic E-state index is -1.01. The van der Waals surface area contributed by atoms with E-state index in [1.54, 1.807) is 12.1 Å². The Hall–Kier alpha value is -1.30. The summed E-state index contributed by atoms with van der Waals surface area (Å²) < 4.78 is 5.34. The highest BCUT2D eigenvalue weighted by atomic mass is 35.5. The summed E-state index contributed by atoms with van der Waals surface area (Å²) in [7, 11) is 0.